The number of hydrogen-bond donors (Lipinski definition) is 0. The fraction of sp³-hybridized carbons (Fsp3) is 0.368. The zero-order valence-electron chi connectivity index (χ0n) is 13.0. The van der Waals surface area contributed by atoms with E-state index < -0.39 is 0 Å². The second-order valence-corrected chi connectivity index (χ2v) is 6.86. The Bertz CT molecular complexity index is 634. The Morgan fingerprint density at radius 2 is 1.60 bits per heavy atom. The number of nitrogens with zero attached hydrogens (tertiary/aromatic N) is 1. The molecule has 104 valence electrons. The molecule has 20 heavy (non-hydrogen) atoms. The van der Waals surface area contributed by atoms with Crippen LogP contribution in [0.1, 0.15) is 29.2 Å². The van der Waals surface area contributed by atoms with Crippen LogP contribution in [0.3, 0.4) is 0 Å². The summed E-state index contributed by atoms with van der Waals surface area (Å²) in [5.74, 6) is 0. The minimum atomic E-state index is 0.568. The summed E-state index contributed by atoms with van der Waals surface area (Å²) in [6, 6.07) is 16.3. The van der Waals surface area contributed by atoms with Crippen LogP contribution >= 0.6 is 0 Å². The molecule has 0 aliphatic heterocycles. The van der Waals surface area contributed by atoms with Crippen molar-refractivity contribution in [1.82, 2.24) is 0 Å². The predicted molar refractivity (Wildman–Crippen MR) is 85.7 cm³/mol. The Labute approximate surface area is 122 Å². The molecule has 0 fully saturated rings. The number of benzene rings is 2. The molecule has 1 aliphatic carbocycles. The van der Waals surface area contributed by atoms with Crippen molar-refractivity contribution in [1.29, 1.82) is 0 Å². The monoisotopic (exact) mass is 266 g/mol. The molecule has 0 aromatic heterocycles. The second-order valence-electron chi connectivity index (χ2n) is 6.86. The molecule has 2 aromatic rings. The highest BCUT2D eigenvalue weighted by atomic mass is 15.3. The SMILES string of the molecule is Cc1cccc2c1CCC([N+](C)(C)C)c1ccccc1-2. The molecule has 0 amide bonds. The second kappa shape index (κ2) is 4.75. The van der Waals surface area contributed by atoms with E-state index in [4.69, 9.17) is 0 Å². The zero-order chi connectivity index (χ0) is 14.3. The summed E-state index contributed by atoms with van der Waals surface area (Å²) >= 11 is 0. The number of hydrogen-bond acceptors (Lipinski definition) is 0. The molecule has 0 N–H and O–H groups in total. The fourth-order valence-corrected chi connectivity index (χ4v) is 3.56. The summed E-state index contributed by atoms with van der Waals surface area (Å²) in [5, 5.41) is 0. The van der Waals surface area contributed by atoms with E-state index in [0.717, 1.165) is 4.48 Å². The van der Waals surface area contributed by atoms with Gasteiger partial charge < -0.3 is 4.48 Å². The van der Waals surface area contributed by atoms with Gasteiger partial charge in [-0.15, -0.1) is 0 Å². The van der Waals surface area contributed by atoms with Crippen LogP contribution in [-0.2, 0) is 6.42 Å². The van der Waals surface area contributed by atoms with Crippen molar-refractivity contribution in [3.05, 3.63) is 59.2 Å². The summed E-state index contributed by atoms with van der Waals surface area (Å²) in [5.41, 5.74) is 7.35. The van der Waals surface area contributed by atoms with Gasteiger partial charge in [-0.1, -0.05) is 42.5 Å². The van der Waals surface area contributed by atoms with Crippen LogP contribution in [-0.4, -0.2) is 25.6 Å². The maximum atomic E-state index is 2.32. The van der Waals surface area contributed by atoms with E-state index >= 15 is 0 Å². The third kappa shape index (κ3) is 2.16. The van der Waals surface area contributed by atoms with Crippen molar-refractivity contribution in [2.45, 2.75) is 25.8 Å². The van der Waals surface area contributed by atoms with Crippen LogP contribution in [0, 0.1) is 6.92 Å². The summed E-state index contributed by atoms with van der Waals surface area (Å²) < 4.78 is 0.990. The molecule has 2 aromatic carbocycles. The highest BCUT2D eigenvalue weighted by Gasteiger charge is 2.31. The molecule has 0 radical (unpaired) electrons. The lowest BCUT2D eigenvalue weighted by Gasteiger charge is -2.34. The summed E-state index contributed by atoms with van der Waals surface area (Å²) in [7, 11) is 6.93. The molecule has 0 heterocycles. The Morgan fingerprint density at radius 1 is 0.900 bits per heavy atom. The third-order valence-electron chi connectivity index (χ3n) is 4.62. The molecule has 1 nitrogen and oxygen atoms in total. The van der Waals surface area contributed by atoms with Gasteiger partial charge >= 0.3 is 0 Å². The summed E-state index contributed by atoms with van der Waals surface area (Å²) in [6.07, 6.45) is 2.40. The van der Waals surface area contributed by atoms with Gasteiger partial charge in [0.25, 0.3) is 0 Å². The molecular weight excluding hydrogens is 242 g/mol. The summed E-state index contributed by atoms with van der Waals surface area (Å²) in [6.45, 7) is 2.24. The van der Waals surface area contributed by atoms with Gasteiger partial charge in [-0.25, -0.2) is 0 Å². The van der Waals surface area contributed by atoms with Crippen molar-refractivity contribution >= 4 is 0 Å². The number of fused-ring (bicyclic) bond motifs is 3. The lowest BCUT2D eigenvalue weighted by Crippen LogP contribution is -2.39. The van der Waals surface area contributed by atoms with Crippen LogP contribution in [0.2, 0.25) is 0 Å². The molecule has 0 saturated heterocycles. The van der Waals surface area contributed by atoms with Crippen LogP contribution in [0.5, 0.6) is 0 Å². The first-order valence-corrected chi connectivity index (χ1v) is 7.47. The number of quaternary nitrogens is 1. The summed E-state index contributed by atoms with van der Waals surface area (Å²) in [4.78, 5) is 0. The smallest absolute Gasteiger partial charge is 0.115 e. The van der Waals surface area contributed by atoms with Crippen molar-refractivity contribution in [2.24, 2.45) is 0 Å². The maximum Gasteiger partial charge on any atom is 0.115 e. The van der Waals surface area contributed by atoms with Gasteiger partial charge in [0.1, 0.15) is 6.04 Å². The average Bonchev–Trinajstić information content (AvgIpc) is 2.56. The van der Waals surface area contributed by atoms with E-state index in [1.807, 2.05) is 0 Å². The van der Waals surface area contributed by atoms with E-state index in [1.165, 1.54) is 40.7 Å². The Balaban J connectivity index is 2.25. The Kier molecular flexibility index (Phi) is 3.18. The van der Waals surface area contributed by atoms with Crippen molar-refractivity contribution in [3.8, 4) is 11.1 Å². The highest BCUT2D eigenvalue weighted by Crippen LogP contribution is 2.41. The van der Waals surface area contributed by atoms with Crippen molar-refractivity contribution in [2.75, 3.05) is 21.1 Å². The van der Waals surface area contributed by atoms with Gasteiger partial charge in [-0.2, -0.15) is 0 Å². The molecule has 3 rings (SSSR count). The van der Waals surface area contributed by atoms with Crippen molar-refractivity contribution < 1.29 is 4.48 Å². The van der Waals surface area contributed by atoms with Gasteiger partial charge in [-0.05, 0) is 35.6 Å². The average molecular weight is 266 g/mol. The van der Waals surface area contributed by atoms with Crippen molar-refractivity contribution in [3.63, 3.8) is 0 Å². The standard InChI is InChI=1S/C19H24N/c1-14-8-7-11-16-15(14)12-13-19(20(2,3)4)18-10-6-5-9-17(16)18/h5-11,19H,12-13H2,1-4H3/q+1. The van der Waals surface area contributed by atoms with Crippen LogP contribution < -0.4 is 0 Å². The third-order valence-corrected chi connectivity index (χ3v) is 4.62. The van der Waals surface area contributed by atoms with E-state index in [9.17, 15) is 0 Å². The minimum Gasteiger partial charge on any atom is -0.325 e. The molecular formula is C19H24N+. The first-order valence-electron chi connectivity index (χ1n) is 7.47. The van der Waals surface area contributed by atoms with E-state index in [-0.39, 0.29) is 0 Å². The topological polar surface area (TPSA) is 0 Å². The molecule has 0 saturated carbocycles. The Hall–Kier alpha value is -1.60. The number of rotatable bonds is 1. The lowest BCUT2D eigenvalue weighted by molar-refractivity contribution is -0.902. The van der Waals surface area contributed by atoms with Crippen LogP contribution in [0.25, 0.3) is 11.1 Å². The van der Waals surface area contributed by atoms with Gasteiger partial charge in [0, 0.05) is 12.0 Å². The fourth-order valence-electron chi connectivity index (χ4n) is 3.56. The quantitative estimate of drug-likeness (QED) is 0.673. The van der Waals surface area contributed by atoms with Gasteiger partial charge in [0.15, 0.2) is 0 Å². The molecule has 1 heteroatoms. The maximum absolute atomic E-state index is 2.32. The van der Waals surface area contributed by atoms with E-state index in [1.54, 1.807) is 0 Å². The molecule has 0 spiro atoms. The van der Waals surface area contributed by atoms with E-state index in [0.29, 0.717) is 6.04 Å². The largest absolute Gasteiger partial charge is 0.325 e. The first-order chi connectivity index (χ1) is 9.48. The van der Waals surface area contributed by atoms with Gasteiger partial charge in [0.2, 0.25) is 0 Å². The highest BCUT2D eigenvalue weighted by molar-refractivity contribution is 5.73. The van der Waals surface area contributed by atoms with Crippen LogP contribution in [0.15, 0.2) is 42.5 Å². The molecule has 1 aliphatic rings. The van der Waals surface area contributed by atoms with Crippen LogP contribution in [0.4, 0.5) is 0 Å². The minimum absolute atomic E-state index is 0.568. The normalized spacial score (nSPS) is 18.1. The molecule has 1 atom stereocenters. The first kappa shape index (κ1) is 13.4. The number of aryl methyl sites for hydroxylation is 1. The Morgan fingerprint density at radius 3 is 2.35 bits per heavy atom. The zero-order valence-corrected chi connectivity index (χ0v) is 13.0. The van der Waals surface area contributed by atoms with Gasteiger partial charge in [0.05, 0.1) is 21.1 Å². The molecule has 0 bridgehead atoms. The van der Waals surface area contributed by atoms with Gasteiger partial charge in [-0.3, -0.25) is 0 Å². The molecule has 1 unspecified atom stereocenters. The van der Waals surface area contributed by atoms with E-state index in [2.05, 4.69) is 70.5 Å². The lowest BCUT2D eigenvalue weighted by atomic mass is 9.93. The predicted octanol–water partition coefficient (Wildman–Crippen LogP) is 4.36.